The van der Waals surface area contributed by atoms with Gasteiger partial charge in [0.15, 0.2) is 0 Å². The minimum atomic E-state index is -0.0453. The maximum Gasteiger partial charge on any atom is 0.226 e. The first-order valence-electron chi connectivity index (χ1n) is 8.29. The van der Waals surface area contributed by atoms with Crippen LogP contribution in [0.2, 0.25) is 0 Å². The Balaban J connectivity index is 1.71. The molecule has 0 radical (unpaired) electrons. The number of nitrogens with zero attached hydrogens (tertiary/aromatic N) is 2. The highest BCUT2D eigenvalue weighted by atomic mass is 32.1. The summed E-state index contributed by atoms with van der Waals surface area (Å²) in [5.74, 6) is 0.00519. The maximum atomic E-state index is 12.3. The summed E-state index contributed by atoms with van der Waals surface area (Å²) in [6.45, 7) is 6.14. The molecule has 1 fully saturated rings. The average Bonchev–Trinajstić information content (AvgIpc) is 2.99. The van der Waals surface area contributed by atoms with Crippen LogP contribution in [0.3, 0.4) is 0 Å². The minimum Gasteiger partial charge on any atom is -0.381 e. The van der Waals surface area contributed by atoms with Crippen molar-refractivity contribution in [2.24, 2.45) is 0 Å². The number of hydrogen-bond donors (Lipinski definition) is 1. The van der Waals surface area contributed by atoms with Crippen molar-refractivity contribution < 1.29 is 9.53 Å². The van der Waals surface area contributed by atoms with E-state index in [9.17, 15) is 4.79 Å². The lowest BCUT2D eigenvalue weighted by Crippen LogP contribution is -2.45. The normalized spacial score (nSPS) is 16.8. The lowest BCUT2D eigenvalue weighted by Gasteiger charge is -2.39. The smallest absolute Gasteiger partial charge is 0.226 e. The van der Waals surface area contributed by atoms with Crippen LogP contribution in [-0.4, -0.2) is 35.9 Å². The van der Waals surface area contributed by atoms with E-state index in [0.717, 1.165) is 36.1 Å². The van der Waals surface area contributed by atoms with Crippen molar-refractivity contribution in [1.29, 1.82) is 0 Å². The van der Waals surface area contributed by atoms with Crippen LogP contribution < -0.4 is 5.32 Å². The molecule has 5 nitrogen and oxygen atoms in total. The molecule has 1 aromatic carbocycles. The highest BCUT2D eigenvalue weighted by molar-refractivity contribution is 7.11. The Morgan fingerprint density at radius 2 is 2.00 bits per heavy atom. The molecular formula is C18H23N3O2S. The number of hydrogen-bond acceptors (Lipinski definition) is 5. The van der Waals surface area contributed by atoms with Gasteiger partial charge in [-0.15, -0.1) is 21.5 Å². The van der Waals surface area contributed by atoms with Gasteiger partial charge in [-0.3, -0.25) is 4.79 Å². The largest absolute Gasteiger partial charge is 0.381 e. The molecule has 128 valence electrons. The molecule has 0 aliphatic carbocycles. The van der Waals surface area contributed by atoms with E-state index in [1.165, 1.54) is 22.5 Å². The molecule has 2 aromatic rings. The molecule has 24 heavy (non-hydrogen) atoms. The Bertz CT molecular complexity index is 708. The number of aromatic nitrogens is 2. The average molecular weight is 345 g/mol. The van der Waals surface area contributed by atoms with Crippen LogP contribution in [0.1, 0.15) is 34.0 Å². The first-order chi connectivity index (χ1) is 11.6. The molecule has 0 saturated carbocycles. The Kier molecular flexibility index (Phi) is 5.26. The number of nitrogens with one attached hydrogen (secondary N) is 1. The summed E-state index contributed by atoms with van der Waals surface area (Å²) in [6.07, 6.45) is 2.15. The molecule has 1 N–H and O–H groups in total. The van der Waals surface area contributed by atoms with E-state index in [4.69, 9.17) is 4.74 Å². The van der Waals surface area contributed by atoms with Crippen LogP contribution in [-0.2, 0) is 21.4 Å². The zero-order chi connectivity index (χ0) is 17.0. The first kappa shape index (κ1) is 17.0. The Labute approximate surface area is 146 Å². The van der Waals surface area contributed by atoms with E-state index in [2.05, 4.69) is 46.7 Å². The van der Waals surface area contributed by atoms with Gasteiger partial charge in [0, 0.05) is 25.2 Å². The Morgan fingerprint density at radius 1 is 1.25 bits per heavy atom. The van der Waals surface area contributed by atoms with Gasteiger partial charge in [-0.05, 0) is 37.8 Å². The van der Waals surface area contributed by atoms with Gasteiger partial charge in [0.05, 0.1) is 6.42 Å². The Morgan fingerprint density at radius 3 is 2.67 bits per heavy atom. The lowest BCUT2D eigenvalue weighted by molar-refractivity contribution is -0.121. The third-order valence-electron chi connectivity index (χ3n) is 4.67. The molecule has 0 bridgehead atoms. The summed E-state index contributed by atoms with van der Waals surface area (Å²) in [6, 6.07) is 8.45. The van der Waals surface area contributed by atoms with Gasteiger partial charge in [0.25, 0.3) is 0 Å². The summed E-state index contributed by atoms with van der Waals surface area (Å²) in [5.41, 5.74) is 2.55. The highest BCUT2D eigenvalue weighted by Crippen LogP contribution is 2.36. The maximum absolute atomic E-state index is 12.3. The molecule has 1 aliphatic rings. The fraction of sp³-hybridized carbons (Fsp3) is 0.500. The van der Waals surface area contributed by atoms with Crippen LogP contribution in [0.15, 0.2) is 24.3 Å². The minimum absolute atomic E-state index is 0.00519. The van der Waals surface area contributed by atoms with Gasteiger partial charge in [0.2, 0.25) is 5.91 Å². The van der Waals surface area contributed by atoms with Gasteiger partial charge in [-0.1, -0.05) is 24.3 Å². The van der Waals surface area contributed by atoms with E-state index in [1.54, 1.807) is 0 Å². The quantitative estimate of drug-likeness (QED) is 0.904. The summed E-state index contributed by atoms with van der Waals surface area (Å²) in [7, 11) is 0. The third kappa shape index (κ3) is 3.82. The monoisotopic (exact) mass is 345 g/mol. The van der Waals surface area contributed by atoms with E-state index < -0.39 is 0 Å². The molecule has 1 aromatic heterocycles. The van der Waals surface area contributed by atoms with E-state index in [1.807, 2.05) is 6.92 Å². The molecule has 1 saturated heterocycles. The molecule has 0 spiro atoms. The van der Waals surface area contributed by atoms with Crippen molar-refractivity contribution in [2.45, 2.75) is 38.5 Å². The number of ether oxygens (including phenoxy) is 1. The van der Waals surface area contributed by atoms with Gasteiger partial charge in [0.1, 0.15) is 10.0 Å². The van der Waals surface area contributed by atoms with Crippen LogP contribution in [0.4, 0.5) is 0 Å². The van der Waals surface area contributed by atoms with E-state index in [0.29, 0.717) is 13.0 Å². The predicted octanol–water partition coefficient (Wildman–Crippen LogP) is 2.56. The second kappa shape index (κ2) is 7.40. The van der Waals surface area contributed by atoms with E-state index in [-0.39, 0.29) is 11.3 Å². The van der Waals surface area contributed by atoms with Crippen molar-refractivity contribution in [1.82, 2.24) is 15.5 Å². The van der Waals surface area contributed by atoms with Crippen molar-refractivity contribution in [3.8, 4) is 0 Å². The molecule has 0 atom stereocenters. The first-order valence-corrected chi connectivity index (χ1v) is 9.10. The van der Waals surface area contributed by atoms with Crippen molar-refractivity contribution in [3.63, 3.8) is 0 Å². The number of carbonyl (C=O) groups excluding carboxylic acids is 1. The fourth-order valence-electron chi connectivity index (χ4n) is 3.35. The van der Waals surface area contributed by atoms with Crippen LogP contribution >= 0.6 is 11.3 Å². The second-order valence-electron chi connectivity index (χ2n) is 6.38. The number of rotatable bonds is 5. The van der Waals surface area contributed by atoms with E-state index >= 15 is 0 Å². The molecule has 1 aliphatic heterocycles. The van der Waals surface area contributed by atoms with Gasteiger partial charge in [-0.2, -0.15) is 0 Å². The SMILES string of the molecule is Cc1nnc(CC(=O)NCC2(c3ccccc3C)CCOCC2)s1. The molecule has 1 amide bonds. The Hall–Kier alpha value is -1.79. The molecule has 3 rings (SSSR count). The zero-order valence-corrected chi connectivity index (χ0v) is 15.0. The highest BCUT2D eigenvalue weighted by Gasteiger charge is 2.35. The summed E-state index contributed by atoms with van der Waals surface area (Å²) >= 11 is 1.47. The topological polar surface area (TPSA) is 64.1 Å². The lowest BCUT2D eigenvalue weighted by atomic mass is 9.72. The summed E-state index contributed by atoms with van der Waals surface area (Å²) in [4.78, 5) is 12.3. The second-order valence-corrected chi connectivity index (χ2v) is 7.64. The van der Waals surface area contributed by atoms with Crippen molar-refractivity contribution in [3.05, 3.63) is 45.4 Å². The van der Waals surface area contributed by atoms with Gasteiger partial charge >= 0.3 is 0 Å². The number of aryl methyl sites for hydroxylation is 2. The van der Waals surface area contributed by atoms with Gasteiger partial charge in [-0.25, -0.2) is 0 Å². The molecule has 6 heteroatoms. The standard InChI is InChI=1S/C18H23N3O2S/c1-13-5-3-4-6-15(13)18(7-9-23-10-8-18)12-19-16(22)11-17-21-20-14(2)24-17/h3-6H,7-12H2,1-2H3,(H,19,22). The molecule has 2 heterocycles. The van der Waals surface area contributed by atoms with Gasteiger partial charge < -0.3 is 10.1 Å². The third-order valence-corrected chi connectivity index (χ3v) is 5.51. The van der Waals surface area contributed by atoms with Crippen molar-refractivity contribution >= 4 is 17.2 Å². The number of amides is 1. The number of carbonyl (C=O) groups is 1. The van der Waals surface area contributed by atoms with Crippen molar-refractivity contribution in [2.75, 3.05) is 19.8 Å². The summed E-state index contributed by atoms with van der Waals surface area (Å²) < 4.78 is 5.56. The molecular weight excluding hydrogens is 322 g/mol. The van der Waals surface area contributed by atoms with Crippen LogP contribution in [0, 0.1) is 13.8 Å². The summed E-state index contributed by atoms with van der Waals surface area (Å²) in [5, 5.41) is 12.8. The predicted molar refractivity (Wildman–Crippen MR) is 94.3 cm³/mol. The fourth-order valence-corrected chi connectivity index (χ4v) is 4.06. The number of benzene rings is 1. The van der Waals surface area contributed by atoms with Crippen LogP contribution in [0.5, 0.6) is 0 Å². The van der Waals surface area contributed by atoms with Crippen LogP contribution in [0.25, 0.3) is 0 Å². The molecule has 0 unspecified atom stereocenters. The zero-order valence-electron chi connectivity index (χ0n) is 14.2.